The molecular formula is C23H15F5O. The van der Waals surface area contributed by atoms with Gasteiger partial charge in [-0.05, 0) is 48.2 Å². The maximum absolute atomic E-state index is 13.7. The van der Waals surface area contributed by atoms with Crippen LogP contribution in [0.15, 0.2) is 60.7 Å². The molecule has 148 valence electrons. The first kappa shape index (κ1) is 20.5. The molecule has 1 nitrogen and oxygen atoms in total. The Labute approximate surface area is 164 Å². The number of allylic oxidation sites excluding steroid dienone is 3. The highest BCUT2D eigenvalue weighted by molar-refractivity contribution is 6.07. The summed E-state index contributed by atoms with van der Waals surface area (Å²) in [5.74, 6) is 2.43. The largest absolute Gasteiger partial charge is 0.416 e. The van der Waals surface area contributed by atoms with Crippen molar-refractivity contribution in [2.75, 3.05) is 0 Å². The van der Waals surface area contributed by atoms with Gasteiger partial charge in [0.05, 0.1) is 16.7 Å². The van der Waals surface area contributed by atoms with Crippen LogP contribution < -0.4 is 0 Å². The summed E-state index contributed by atoms with van der Waals surface area (Å²) in [6, 6.07) is 7.58. The molecule has 2 aromatic carbocycles. The Morgan fingerprint density at radius 3 is 2.52 bits per heavy atom. The minimum atomic E-state index is -4.50. The molecule has 0 radical (unpaired) electrons. The lowest BCUT2D eigenvalue weighted by molar-refractivity contribution is -0.137. The highest BCUT2D eigenvalue weighted by Gasteiger charge is 2.32. The maximum atomic E-state index is 13.7. The van der Waals surface area contributed by atoms with Crippen molar-refractivity contribution in [3.63, 3.8) is 0 Å². The van der Waals surface area contributed by atoms with Crippen LogP contribution in [0.4, 0.5) is 22.0 Å². The van der Waals surface area contributed by atoms with E-state index in [1.807, 2.05) is 0 Å². The number of alkyl halides is 3. The van der Waals surface area contributed by atoms with Gasteiger partial charge in [-0.2, -0.15) is 13.2 Å². The second kappa shape index (κ2) is 8.04. The van der Waals surface area contributed by atoms with Crippen molar-refractivity contribution in [1.82, 2.24) is 0 Å². The molecule has 6 heteroatoms. The number of carbonyl (C=O) groups is 1. The smallest absolute Gasteiger partial charge is 0.293 e. The summed E-state index contributed by atoms with van der Waals surface area (Å²) in [6.07, 6.45) is -2.02. The quantitative estimate of drug-likeness (QED) is 0.448. The molecule has 2 aromatic rings. The third-order valence-electron chi connectivity index (χ3n) is 4.63. The highest BCUT2D eigenvalue weighted by atomic mass is 19.4. The Morgan fingerprint density at radius 2 is 1.83 bits per heavy atom. The van der Waals surface area contributed by atoms with Crippen LogP contribution in [-0.4, -0.2) is 5.78 Å². The first-order valence-corrected chi connectivity index (χ1v) is 8.74. The van der Waals surface area contributed by atoms with E-state index in [1.165, 1.54) is 18.2 Å². The van der Waals surface area contributed by atoms with Gasteiger partial charge in [-0.3, -0.25) is 4.79 Å². The van der Waals surface area contributed by atoms with Gasteiger partial charge in [-0.15, -0.1) is 0 Å². The third-order valence-corrected chi connectivity index (χ3v) is 4.63. The topological polar surface area (TPSA) is 17.1 Å². The standard InChI is InChI=1S/C23H15F5O/c1-14(17-5-2-6-18(12-17)23(26,27)28)20-7-3-4-16(22(20)29)9-8-15-10-11-19(24)13-21(15)25/h2,4-6,10-13,20H,1,3,7H2. The summed E-state index contributed by atoms with van der Waals surface area (Å²) in [4.78, 5) is 12.8. The average molecular weight is 402 g/mol. The minimum absolute atomic E-state index is 0.0565. The minimum Gasteiger partial charge on any atom is -0.293 e. The van der Waals surface area contributed by atoms with E-state index in [0.29, 0.717) is 18.9 Å². The molecule has 0 spiro atoms. The molecule has 0 amide bonds. The van der Waals surface area contributed by atoms with Crippen molar-refractivity contribution >= 4 is 11.4 Å². The summed E-state index contributed by atoms with van der Waals surface area (Å²) in [6.45, 7) is 3.83. The number of halogens is 5. The van der Waals surface area contributed by atoms with Crippen LogP contribution in [0.25, 0.3) is 5.57 Å². The average Bonchev–Trinajstić information content (AvgIpc) is 2.67. The van der Waals surface area contributed by atoms with Crippen LogP contribution in [0.3, 0.4) is 0 Å². The zero-order chi connectivity index (χ0) is 21.2. The van der Waals surface area contributed by atoms with E-state index in [2.05, 4.69) is 18.4 Å². The first-order valence-electron chi connectivity index (χ1n) is 8.74. The fourth-order valence-corrected chi connectivity index (χ4v) is 3.08. The molecule has 29 heavy (non-hydrogen) atoms. The van der Waals surface area contributed by atoms with E-state index in [0.717, 1.165) is 18.2 Å². The number of hydrogen-bond acceptors (Lipinski definition) is 1. The van der Waals surface area contributed by atoms with Crippen molar-refractivity contribution in [3.05, 3.63) is 89.0 Å². The molecule has 1 aliphatic carbocycles. The maximum Gasteiger partial charge on any atom is 0.416 e. The van der Waals surface area contributed by atoms with Crippen LogP contribution >= 0.6 is 0 Å². The van der Waals surface area contributed by atoms with Gasteiger partial charge in [0, 0.05) is 12.0 Å². The van der Waals surface area contributed by atoms with Crippen LogP contribution in [0.5, 0.6) is 0 Å². The molecule has 1 atom stereocenters. The zero-order valence-electron chi connectivity index (χ0n) is 15.1. The van der Waals surface area contributed by atoms with Crippen LogP contribution in [0, 0.1) is 29.4 Å². The molecule has 0 N–H and O–H groups in total. The molecule has 3 rings (SSSR count). The normalized spacial score (nSPS) is 16.7. The van der Waals surface area contributed by atoms with Crippen LogP contribution in [0.1, 0.15) is 29.5 Å². The van der Waals surface area contributed by atoms with E-state index in [1.54, 1.807) is 6.08 Å². The van der Waals surface area contributed by atoms with Gasteiger partial charge in [0.2, 0.25) is 0 Å². The number of hydrogen-bond donors (Lipinski definition) is 0. The molecule has 0 saturated carbocycles. The van der Waals surface area contributed by atoms with Gasteiger partial charge >= 0.3 is 6.18 Å². The Hall–Kier alpha value is -3.20. The van der Waals surface area contributed by atoms with Gasteiger partial charge in [0.25, 0.3) is 0 Å². The number of benzene rings is 2. The summed E-state index contributed by atoms with van der Waals surface area (Å²) < 4.78 is 65.5. The van der Waals surface area contributed by atoms with Crippen molar-refractivity contribution in [2.45, 2.75) is 19.0 Å². The summed E-state index contributed by atoms with van der Waals surface area (Å²) in [5.41, 5.74) is -0.225. The SMILES string of the molecule is C=C(c1cccc(C(F)(F)F)c1)C1CCC=C(C#Cc2ccc(F)cc2F)C1=O. The van der Waals surface area contributed by atoms with Gasteiger partial charge in [-0.25, -0.2) is 8.78 Å². The lowest BCUT2D eigenvalue weighted by Gasteiger charge is -2.22. The Balaban J connectivity index is 1.84. The molecule has 0 saturated heterocycles. The van der Waals surface area contributed by atoms with Crippen LogP contribution in [0.2, 0.25) is 0 Å². The first-order chi connectivity index (χ1) is 13.7. The highest BCUT2D eigenvalue weighted by Crippen LogP contribution is 2.35. The van der Waals surface area contributed by atoms with E-state index in [-0.39, 0.29) is 28.1 Å². The van der Waals surface area contributed by atoms with Crippen LogP contribution in [-0.2, 0) is 11.0 Å². The number of Topliss-reactive ketones (excluding diaryl/α,β-unsaturated/α-hetero) is 1. The van der Waals surface area contributed by atoms with E-state index in [9.17, 15) is 26.7 Å². The molecule has 0 aromatic heterocycles. The predicted octanol–water partition coefficient (Wildman–Crippen LogP) is 5.95. The molecule has 0 bridgehead atoms. The molecule has 1 aliphatic rings. The number of ketones is 1. The molecule has 0 aliphatic heterocycles. The summed E-state index contributed by atoms with van der Waals surface area (Å²) in [7, 11) is 0. The van der Waals surface area contributed by atoms with Crippen molar-refractivity contribution in [2.24, 2.45) is 5.92 Å². The molecular weight excluding hydrogens is 387 g/mol. The predicted molar refractivity (Wildman–Crippen MR) is 99.5 cm³/mol. The fraction of sp³-hybridized carbons (Fsp3) is 0.174. The van der Waals surface area contributed by atoms with E-state index < -0.39 is 29.3 Å². The van der Waals surface area contributed by atoms with Gasteiger partial charge in [-0.1, -0.05) is 36.6 Å². The van der Waals surface area contributed by atoms with Crippen molar-refractivity contribution in [1.29, 1.82) is 0 Å². The second-order valence-electron chi connectivity index (χ2n) is 6.59. The monoisotopic (exact) mass is 402 g/mol. The summed E-state index contributed by atoms with van der Waals surface area (Å²) >= 11 is 0. The Bertz CT molecular complexity index is 1070. The second-order valence-corrected chi connectivity index (χ2v) is 6.59. The van der Waals surface area contributed by atoms with Gasteiger partial charge in [0.1, 0.15) is 11.6 Å². The molecule has 0 fully saturated rings. The third kappa shape index (κ3) is 4.62. The zero-order valence-corrected chi connectivity index (χ0v) is 15.1. The van der Waals surface area contributed by atoms with E-state index in [4.69, 9.17) is 0 Å². The fourth-order valence-electron chi connectivity index (χ4n) is 3.08. The van der Waals surface area contributed by atoms with Crippen molar-refractivity contribution < 1.29 is 26.7 Å². The number of rotatable bonds is 2. The van der Waals surface area contributed by atoms with Gasteiger partial charge in [0.15, 0.2) is 5.78 Å². The van der Waals surface area contributed by atoms with E-state index >= 15 is 0 Å². The Morgan fingerprint density at radius 1 is 1.07 bits per heavy atom. The van der Waals surface area contributed by atoms with Crippen molar-refractivity contribution in [3.8, 4) is 11.8 Å². The molecule has 0 heterocycles. The molecule has 1 unspecified atom stereocenters. The lowest BCUT2D eigenvalue weighted by atomic mass is 9.80. The van der Waals surface area contributed by atoms with Gasteiger partial charge < -0.3 is 0 Å². The number of carbonyl (C=O) groups excluding carboxylic acids is 1. The summed E-state index contributed by atoms with van der Waals surface area (Å²) in [5, 5.41) is 0. The Kier molecular flexibility index (Phi) is 5.69. The lowest BCUT2D eigenvalue weighted by Crippen LogP contribution is -2.21.